The molecule has 158 valence electrons. The maximum Gasteiger partial charge on any atom is 0.289 e. The zero-order valence-electron chi connectivity index (χ0n) is 17.8. The monoisotopic (exact) mass is 408 g/mol. The van der Waals surface area contributed by atoms with Gasteiger partial charge in [-0.05, 0) is 45.4 Å². The number of likely N-dealkylation sites (N-methyl/N-ethyl adjacent to an activating group) is 1. The lowest BCUT2D eigenvalue weighted by atomic mass is 9.93. The Morgan fingerprint density at radius 1 is 1.07 bits per heavy atom. The highest BCUT2D eigenvalue weighted by Gasteiger charge is 2.31. The number of nitrogens with one attached hydrogen (secondary N) is 1. The van der Waals surface area contributed by atoms with Crippen molar-refractivity contribution in [2.24, 2.45) is 5.10 Å². The van der Waals surface area contributed by atoms with Gasteiger partial charge in [0.2, 0.25) is 0 Å². The smallest absolute Gasteiger partial charge is 0.289 e. The number of fused-ring (bicyclic) bond motifs is 1. The van der Waals surface area contributed by atoms with Crippen LogP contribution >= 0.6 is 0 Å². The molecular formula is C23H28N4O3. The first-order chi connectivity index (χ1) is 14.5. The van der Waals surface area contributed by atoms with E-state index in [1.54, 1.807) is 6.07 Å². The summed E-state index contributed by atoms with van der Waals surface area (Å²) >= 11 is 0. The summed E-state index contributed by atoms with van der Waals surface area (Å²) in [5.74, 6) is 0.908. The largest absolute Gasteiger partial charge is 0.455 e. The van der Waals surface area contributed by atoms with Crippen LogP contribution < -0.4 is 5.43 Å². The number of furan rings is 1. The molecule has 0 unspecified atom stereocenters. The molecule has 0 bridgehead atoms. The SMILES string of the molecule is Cc1ccccc1C(=O)N/N=C1\CCCc2oc(C(=O)N3CCN(C)CC3)c(C)c21. The van der Waals surface area contributed by atoms with Crippen molar-refractivity contribution >= 4 is 17.5 Å². The van der Waals surface area contributed by atoms with Crippen molar-refractivity contribution in [3.63, 3.8) is 0 Å². The van der Waals surface area contributed by atoms with E-state index in [1.165, 1.54) is 0 Å². The van der Waals surface area contributed by atoms with Crippen molar-refractivity contribution in [3.8, 4) is 0 Å². The van der Waals surface area contributed by atoms with Gasteiger partial charge in [-0.15, -0.1) is 0 Å². The molecule has 7 nitrogen and oxygen atoms in total. The Morgan fingerprint density at radius 2 is 1.80 bits per heavy atom. The number of benzene rings is 1. The topological polar surface area (TPSA) is 78.1 Å². The molecule has 2 aliphatic rings. The van der Waals surface area contributed by atoms with E-state index in [0.717, 1.165) is 60.5 Å². The maximum absolute atomic E-state index is 13.0. The van der Waals surface area contributed by atoms with Gasteiger partial charge in [-0.25, -0.2) is 5.43 Å². The second kappa shape index (κ2) is 8.44. The van der Waals surface area contributed by atoms with Crippen LogP contribution in [0, 0.1) is 13.8 Å². The van der Waals surface area contributed by atoms with Crippen LogP contribution in [0.25, 0.3) is 0 Å². The lowest BCUT2D eigenvalue weighted by Crippen LogP contribution is -2.47. The van der Waals surface area contributed by atoms with E-state index in [1.807, 2.05) is 36.9 Å². The number of amides is 2. The summed E-state index contributed by atoms with van der Waals surface area (Å²) in [6.45, 7) is 6.94. The van der Waals surface area contributed by atoms with Crippen LogP contribution in [0.15, 0.2) is 33.8 Å². The van der Waals surface area contributed by atoms with Gasteiger partial charge in [0.15, 0.2) is 5.76 Å². The molecule has 2 aromatic rings. The van der Waals surface area contributed by atoms with Gasteiger partial charge >= 0.3 is 0 Å². The molecule has 7 heteroatoms. The predicted molar refractivity (Wildman–Crippen MR) is 115 cm³/mol. The number of hydrogen-bond acceptors (Lipinski definition) is 5. The van der Waals surface area contributed by atoms with Crippen LogP contribution in [0.2, 0.25) is 0 Å². The fourth-order valence-corrected chi connectivity index (χ4v) is 4.14. The van der Waals surface area contributed by atoms with Gasteiger partial charge in [0.05, 0.1) is 5.71 Å². The minimum atomic E-state index is -0.234. The molecule has 0 saturated carbocycles. The molecule has 1 aliphatic carbocycles. The highest BCUT2D eigenvalue weighted by molar-refractivity contribution is 6.07. The van der Waals surface area contributed by atoms with Gasteiger partial charge in [0.1, 0.15) is 5.76 Å². The Hall–Kier alpha value is -2.93. The normalized spacial score (nSPS) is 18.4. The maximum atomic E-state index is 13.0. The number of rotatable bonds is 3. The lowest BCUT2D eigenvalue weighted by molar-refractivity contribution is 0.0629. The quantitative estimate of drug-likeness (QED) is 0.792. The molecule has 2 heterocycles. The highest BCUT2D eigenvalue weighted by Crippen LogP contribution is 2.30. The van der Waals surface area contributed by atoms with E-state index in [-0.39, 0.29) is 11.8 Å². The van der Waals surface area contributed by atoms with Gasteiger partial charge in [0, 0.05) is 49.3 Å². The third-order valence-electron chi connectivity index (χ3n) is 5.99. The van der Waals surface area contributed by atoms with E-state index in [4.69, 9.17) is 4.42 Å². The molecule has 1 N–H and O–H groups in total. The molecule has 1 aromatic carbocycles. The number of hydrazone groups is 1. The molecule has 30 heavy (non-hydrogen) atoms. The number of hydrogen-bond donors (Lipinski definition) is 1. The van der Waals surface area contributed by atoms with Gasteiger partial charge in [-0.2, -0.15) is 5.10 Å². The average molecular weight is 409 g/mol. The van der Waals surface area contributed by atoms with Crippen molar-refractivity contribution in [1.29, 1.82) is 0 Å². The van der Waals surface area contributed by atoms with Crippen LogP contribution in [0.4, 0.5) is 0 Å². The molecule has 1 saturated heterocycles. The van der Waals surface area contributed by atoms with Crippen LogP contribution in [0.3, 0.4) is 0 Å². The Morgan fingerprint density at radius 3 is 2.53 bits per heavy atom. The summed E-state index contributed by atoms with van der Waals surface area (Å²) in [7, 11) is 2.06. The minimum absolute atomic E-state index is 0.0571. The van der Waals surface area contributed by atoms with Crippen molar-refractivity contribution in [3.05, 3.63) is 58.0 Å². The summed E-state index contributed by atoms with van der Waals surface area (Å²) in [5.41, 5.74) is 6.67. The Labute approximate surface area is 176 Å². The van der Waals surface area contributed by atoms with Crippen LogP contribution in [-0.4, -0.2) is 60.6 Å². The standard InChI is InChI=1S/C23H28N4O3/c1-15-7-4-5-8-17(15)22(28)25-24-18-9-6-10-19-20(18)16(2)21(30-19)23(29)27-13-11-26(3)12-14-27/h4-5,7-8H,6,9-14H2,1-3H3,(H,25,28)/b24-18+. The second-order valence-corrected chi connectivity index (χ2v) is 8.12. The molecule has 1 fully saturated rings. The highest BCUT2D eigenvalue weighted by atomic mass is 16.4. The minimum Gasteiger partial charge on any atom is -0.455 e. The van der Waals surface area contributed by atoms with Crippen LogP contribution in [0.5, 0.6) is 0 Å². The van der Waals surface area contributed by atoms with Gasteiger partial charge in [0.25, 0.3) is 11.8 Å². The third kappa shape index (κ3) is 3.89. The van der Waals surface area contributed by atoms with Crippen molar-refractivity contribution in [2.75, 3.05) is 33.2 Å². The molecule has 1 aromatic heterocycles. The fourth-order valence-electron chi connectivity index (χ4n) is 4.14. The number of aryl methyl sites for hydroxylation is 2. The molecule has 0 radical (unpaired) electrons. The average Bonchev–Trinajstić information content (AvgIpc) is 3.09. The lowest BCUT2D eigenvalue weighted by Gasteiger charge is -2.31. The van der Waals surface area contributed by atoms with E-state index >= 15 is 0 Å². The van der Waals surface area contributed by atoms with Crippen molar-refractivity contribution < 1.29 is 14.0 Å². The summed E-state index contributed by atoms with van der Waals surface area (Å²) in [5, 5.41) is 4.42. The molecule has 1 aliphatic heterocycles. The number of nitrogens with zero attached hydrogens (tertiary/aromatic N) is 3. The molecule has 0 spiro atoms. The van der Waals surface area contributed by atoms with Crippen molar-refractivity contribution in [2.45, 2.75) is 33.1 Å². The van der Waals surface area contributed by atoms with Crippen LogP contribution in [0.1, 0.15) is 56.2 Å². The summed E-state index contributed by atoms with van der Waals surface area (Å²) in [6, 6.07) is 7.42. The number of piperazine rings is 1. The molecule has 0 atom stereocenters. The molecular weight excluding hydrogens is 380 g/mol. The second-order valence-electron chi connectivity index (χ2n) is 8.12. The van der Waals surface area contributed by atoms with Gasteiger partial charge < -0.3 is 14.2 Å². The Bertz CT molecular complexity index is 1000. The van der Waals surface area contributed by atoms with Gasteiger partial charge in [-0.3, -0.25) is 9.59 Å². The number of carbonyl (C=O) groups excluding carboxylic acids is 2. The first-order valence-electron chi connectivity index (χ1n) is 10.5. The Kier molecular flexibility index (Phi) is 5.72. The zero-order chi connectivity index (χ0) is 21.3. The summed E-state index contributed by atoms with van der Waals surface area (Å²) in [6.07, 6.45) is 2.39. The van der Waals surface area contributed by atoms with E-state index in [9.17, 15) is 9.59 Å². The van der Waals surface area contributed by atoms with E-state index in [0.29, 0.717) is 24.4 Å². The first-order valence-corrected chi connectivity index (χ1v) is 10.5. The van der Waals surface area contributed by atoms with Crippen molar-refractivity contribution in [1.82, 2.24) is 15.2 Å². The van der Waals surface area contributed by atoms with Crippen LogP contribution in [-0.2, 0) is 6.42 Å². The predicted octanol–water partition coefficient (Wildman–Crippen LogP) is 2.75. The summed E-state index contributed by atoms with van der Waals surface area (Å²) in [4.78, 5) is 29.7. The van der Waals surface area contributed by atoms with E-state index in [2.05, 4.69) is 22.5 Å². The number of carbonyl (C=O) groups is 2. The Balaban J connectivity index is 1.57. The third-order valence-corrected chi connectivity index (χ3v) is 5.99. The summed E-state index contributed by atoms with van der Waals surface area (Å²) < 4.78 is 6.02. The first kappa shape index (κ1) is 20.3. The van der Waals surface area contributed by atoms with Gasteiger partial charge in [-0.1, -0.05) is 18.2 Å². The molecule has 2 amide bonds. The fraction of sp³-hybridized carbons (Fsp3) is 0.435. The molecule has 4 rings (SSSR count). The zero-order valence-corrected chi connectivity index (χ0v) is 17.8. The van der Waals surface area contributed by atoms with E-state index < -0.39 is 0 Å².